The first-order valence-corrected chi connectivity index (χ1v) is 11.9. The number of rotatable bonds is 4. The molecule has 0 aliphatic carbocycles. The van der Waals surface area contributed by atoms with Crippen LogP contribution in [0, 0.1) is 47.9 Å². The predicted molar refractivity (Wildman–Crippen MR) is 153 cm³/mol. The van der Waals surface area contributed by atoms with Crippen LogP contribution in [0.15, 0.2) is 0 Å². The zero-order valence-corrected chi connectivity index (χ0v) is 24.8. The number of nitrogens with two attached hydrogens (primary N) is 2. The Balaban J connectivity index is 0.000000368. The van der Waals surface area contributed by atoms with Crippen molar-refractivity contribution in [3.8, 4) is 11.5 Å². The molecule has 0 atom stereocenters. The van der Waals surface area contributed by atoms with E-state index in [4.69, 9.17) is 20.9 Å². The molecule has 0 radical (unpaired) electrons. The van der Waals surface area contributed by atoms with Crippen LogP contribution in [0.4, 0.5) is 11.4 Å². The van der Waals surface area contributed by atoms with Crippen LogP contribution in [0.3, 0.4) is 0 Å². The normalized spacial score (nSPS) is 15.4. The van der Waals surface area contributed by atoms with Gasteiger partial charge >= 0.3 is 0 Å². The average Bonchev–Trinajstić information content (AvgIpc) is 3.26. The molecule has 10 nitrogen and oxygen atoms in total. The summed E-state index contributed by atoms with van der Waals surface area (Å²) in [6.07, 6.45) is 1.33. The monoisotopic (exact) mass is 572 g/mol. The predicted octanol–water partition coefficient (Wildman–Crippen LogP) is 5.60. The summed E-state index contributed by atoms with van der Waals surface area (Å²) >= 11 is 0. The van der Waals surface area contributed by atoms with Gasteiger partial charge in [0.15, 0.2) is 0 Å². The highest BCUT2D eigenvalue weighted by atomic mass is 35.5. The van der Waals surface area contributed by atoms with E-state index in [1.807, 2.05) is 20.8 Å². The lowest BCUT2D eigenvalue weighted by molar-refractivity contribution is -0.498. The van der Waals surface area contributed by atoms with Gasteiger partial charge in [-0.1, -0.05) is 0 Å². The number of benzene rings is 2. The SMILES string of the molecule is Cc1c(C)c([N+](=O)[O-])c(C[N+](=O)[O-])c2c1OC(C)(C)C2.Cc1c(C)c2c(c(CN)c1N)CC(C)(C)O2.Cl.Cl. The van der Waals surface area contributed by atoms with Crippen molar-refractivity contribution in [3.05, 3.63) is 64.7 Å². The Hall–Kier alpha value is -2.82. The van der Waals surface area contributed by atoms with Crippen molar-refractivity contribution in [2.75, 3.05) is 5.73 Å². The molecular weight excluding hydrogens is 535 g/mol. The number of nitro groups is 2. The van der Waals surface area contributed by atoms with Crippen LogP contribution >= 0.6 is 24.8 Å². The maximum Gasteiger partial charge on any atom is 0.282 e. The van der Waals surface area contributed by atoms with Gasteiger partial charge in [0.05, 0.1) is 4.92 Å². The molecule has 4 rings (SSSR count). The van der Waals surface area contributed by atoms with Crippen molar-refractivity contribution in [1.82, 2.24) is 0 Å². The number of ether oxygens (including phenoxy) is 2. The third-order valence-corrected chi connectivity index (χ3v) is 7.09. The molecule has 212 valence electrons. The lowest BCUT2D eigenvalue weighted by Crippen LogP contribution is -2.25. The van der Waals surface area contributed by atoms with Crippen molar-refractivity contribution in [1.29, 1.82) is 0 Å². The zero-order valence-electron chi connectivity index (χ0n) is 23.1. The van der Waals surface area contributed by atoms with Gasteiger partial charge in [0.25, 0.3) is 5.69 Å². The second-order valence-electron chi connectivity index (χ2n) is 10.9. The van der Waals surface area contributed by atoms with Crippen LogP contribution in [0.25, 0.3) is 0 Å². The van der Waals surface area contributed by atoms with E-state index in [0.717, 1.165) is 34.5 Å². The molecule has 0 fully saturated rings. The second kappa shape index (κ2) is 11.5. The molecule has 0 unspecified atom stereocenters. The minimum Gasteiger partial charge on any atom is -0.487 e. The number of anilines is 1. The van der Waals surface area contributed by atoms with Gasteiger partial charge in [-0.3, -0.25) is 20.2 Å². The molecule has 0 amide bonds. The number of hydrogen-bond acceptors (Lipinski definition) is 8. The third-order valence-electron chi connectivity index (χ3n) is 7.09. The van der Waals surface area contributed by atoms with E-state index in [0.29, 0.717) is 35.4 Å². The van der Waals surface area contributed by atoms with Gasteiger partial charge in [0.2, 0.25) is 6.54 Å². The molecule has 4 N–H and O–H groups in total. The summed E-state index contributed by atoms with van der Waals surface area (Å²) in [6.45, 7) is 15.3. The summed E-state index contributed by atoms with van der Waals surface area (Å²) in [5.41, 5.74) is 18.3. The lowest BCUT2D eigenvalue weighted by Gasteiger charge is -2.18. The first-order valence-electron chi connectivity index (χ1n) is 11.9. The van der Waals surface area contributed by atoms with Crippen molar-refractivity contribution in [3.63, 3.8) is 0 Å². The largest absolute Gasteiger partial charge is 0.487 e. The highest BCUT2D eigenvalue weighted by Crippen LogP contribution is 2.46. The van der Waals surface area contributed by atoms with Crippen molar-refractivity contribution in [2.45, 2.75) is 92.5 Å². The van der Waals surface area contributed by atoms with Crippen LogP contribution in [-0.4, -0.2) is 21.0 Å². The lowest BCUT2D eigenvalue weighted by atomic mass is 9.92. The van der Waals surface area contributed by atoms with E-state index in [-0.39, 0.29) is 41.7 Å². The van der Waals surface area contributed by atoms with Gasteiger partial charge in [-0.05, 0) is 72.1 Å². The quantitative estimate of drug-likeness (QED) is 0.272. The number of nitrogens with zero attached hydrogens (tertiary/aromatic N) is 2. The number of fused-ring (bicyclic) bond motifs is 2. The summed E-state index contributed by atoms with van der Waals surface area (Å²) in [5, 5.41) is 22.1. The number of hydrogen-bond donors (Lipinski definition) is 2. The highest BCUT2D eigenvalue weighted by Gasteiger charge is 2.39. The Morgan fingerprint density at radius 3 is 1.61 bits per heavy atom. The van der Waals surface area contributed by atoms with Crippen LogP contribution in [0.1, 0.15) is 72.2 Å². The molecule has 12 heteroatoms. The molecule has 2 heterocycles. The van der Waals surface area contributed by atoms with Crippen molar-refractivity contribution >= 4 is 36.2 Å². The van der Waals surface area contributed by atoms with Crippen LogP contribution in [0.2, 0.25) is 0 Å². The molecule has 2 aliphatic heterocycles. The molecule has 0 spiro atoms. The molecule has 0 aromatic heterocycles. The smallest absolute Gasteiger partial charge is 0.282 e. The van der Waals surface area contributed by atoms with E-state index in [2.05, 4.69) is 20.8 Å². The summed E-state index contributed by atoms with van der Waals surface area (Å²) in [6, 6.07) is 0. The fourth-order valence-electron chi connectivity index (χ4n) is 5.11. The zero-order chi connectivity index (χ0) is 27.3. The van der Waals surface area contributed by atoms with E-state index in [9.17, 15) is 20.2 Å². The standard InChI is InChI=1S/C13H16N2O5.C13H20N2O.2ClH/c1-7-8(2)12-9(5-13(3,4)20-12)10(6-14(16)17)11(7)15(18)19;1-7-8(2)12-9(5-13(3,4)16-12)10(6-14)11(7)15;;/h5-6H2,1-4H3;5-6,14-15H2,1-4H3;2*1H. The molecule has 2 aromatic rings. The molecule has 0 bridgehead atoms. The Kier molecular flexibility index (Phi) is 10.1. The van der Waals surface area contributed by atoms with Gasteiger partial charge in [0, 0.05) is 52.3 Å². The number of nitrogen functional groups attached to an aromatic ring is 1. The highest BCUT2D eigenvalue weighted by molar-refractivity contribution is 5.85. The molecule has 0 saturated heterocycles. The first kappa shape index (κ1) is 33.2. The molecule has 2 aliphatic rings. The number of nitro benzene ring substituents is 1. The van der Waals surface area contributed by atoms with E-state index in [1.165, 1.54) is 5.56 Å². The van der Waals surface area contributed by atoms with Crippen molar-refractivity contribution in [2.24, 2.45) is 5.73 Å². The first-order chi connectivity index (χ1) is 16.5. The fourth-order valence-corrected chi connectivity index (χ4v) is 5.11. The summed E-state index contributed by atoms with van der Waals surface area (Å²) < 4.78 is 11.8. The fraction of sp³-hybridized carbons (Fsp3) is 0.538. The van der Waals surface area contributed by atoms with Crippen LogP contribution in [-0.2, 0) is 25.9 Å². The van der Waals surface area contributed by atoms with E-state index in [1.54, 1.807) is 13.8 Å². The van der Waals surface area contributed by atoms with Gasteiger partial charge < -0.3 is 20.9 Å². The minimum atomic E-state index is -0.556. The van der Waals surface area contributed by atoms with E-state index >= 15 is 0 Å². The maximum atomic E-state index is 11.3. The Bertz CT molecular complexity index is 1280. The Labute approximate surface area is 235 Å². The van der Waals surface area contributed by atoms with Gasteiger partial charge in [-0.25, -0.2) is 0 Å². The maximum absolute atomic E-state index is 11.3. The van der Waals surface area contributed by atoms with Crippen LogP contribution in [0.5, 0.6) is 11.5 Å². The number of halogens is 2. The third kappa shape index (κ3) is 6.08. The topological polar surface area (TPSA) is 157 Å². The molecule has 2 aromatic carbocycles. The summed E-state index contributed by atoms with van der Waals surface area (Å²) in [5.74, 6) is 1.56. The van der Waals surface area contributed by atoms with Gasteiger partial charge in [0.1, 0.15) is 28.3 Å². The molecule has 38 heavy (non-hydrogen) atoms. The molecular formula is C26H38Cl2N4O6. The Morgan fingerprint density at radius 1 is 0.789 bits per heavy atom. The van der Waals surface area contributed by atoms with Gasteiger partial charge in [-0.2, -0.15) is 0 Å². The average molecular weight is 574 g/mol. The van der Waals surface area contributed by atoms with E-state index < -0.39 is 22.0 Å². The van der Waals surface area contributed by atoms with Crippen molar-refractivity contribution < 1.29 is 19.3 Å². The molecule has 0 saturated carbocycles. The van der Waals surface area contributed by atoms with Crippen LogP contribution < -0.4 is 20.9 Å². The second-order valence-corrected chi connectivity index (χ2v) is 10.9. The summed E-state index contributed by atoms with van der Waals surface area (Å²) in [4.78, 5) is 21.0. The Morgan fingerprint density at radius 2 is 1.21 bits per heavy atom. The van der Waals surface area contributed by atoms with Gasteiger partial charge in [-0.15, -0.1) is 24.8 Å². The summed E-state index contributed by atoms with van der Waals surface area (Å²) in [7, 11) is 0. The minimum absolute atomic E-state index is 0.